The highest BCUT2D eigenvalue weighted by Gasteiger charge is 2.19. The lowest BCUT2D eigenvalue weighted by atomic mass is 10.1. The predicted octanol–water partition coefficient (Wildman–Crippen LogP) is 0.884. The molecule has 0 aliphatic rings. The third-order valence-corrected chi connectivity index (χ3v) is 9.43. The molecule has 8 aromatic rings. The van der Waals surface area contributed by atoms with Crippen molar-refractivity contribution in [2.24, 2.45) is 21.1 Å². The number of benzene rings is 1. The number of rotatable bonds is 10. The Hall–Kier alpha value is -8.16. The number of nitrogens with one attached hydrogen (secondary N) is 2. The lowest BCUT2D eigenvalue weighted by Gasteiger charge is -2.11. The highest BCUT2D eigenvalue weighted by molar-refractivity contribution is 5.92. The molecule has 0 atom stereocenters. The molecule has 0 unspecified atom stereocenters. The van der Waals surface area contributed by atoms with Gasteiger partial charge in [-0.3, -0.25) is 42.4 Å². The quantitative estimate of drug-likeness (QED) is 0.197. The summed E-state index contributed by atoms with van der Waals surface area (Å²) in [5.41, 5.74) is 1.28. The maximum atomic E-state index is 13.8. The Morgan fingerprint density at radius 3 is 1.84 bits per heavy atom. The summed E-state index contributed by atoms with van der Waals surface area (Å²) >= 11 is 0. The van der Waals surface area contributed by atoms with Crippen molar-refractivity contribution >= 4 is 45.6 Å². The number of nitrogens with zero attached hydrogens (tertiary/aromatic N) is 12. The van der Waals surface area contributed by atoms with Crippen molar-refractivity contribution < 1.29 is 9.59 Å². The maximum absolute atomic E-state index is 13.8. The van der Waals surface area contributed by atoms with E-state index in [4.69, 9.17) is 0 Å². The van der Waals surface area contributed by atoms with Crippen LogP contribution in [0.5, 0.6) is 0 Å². The fourth-order valence-electron chi connectivity index (χ4n) is 6.43. The summed E-state index contributed by atoms with van der Waals surface area (Å²) in [7, 11) is 4.35. The monoisotopic (exact) mass is 780 g/mol. The minimum Gasteiger partial charge on any atom is -0.325 e. The van der Waals surface area contributed by atoms with Crippen LogP contribution in [0, 0.1) is 0 Å². The number of amides is 2. The molecule has 0 aliphatic heterocycles. The first-order valence-corrected chi connectivity index (χ1v) is 17.6. The summed E-state index contributed by atoms with van der Waals surface area (Å²) in [6.45, 7) is -0.567. The molecular formula is C38H32N14O6. The molecule has 0 radical (unpaired) electrons. The Kier molecular flexibility index (Phi) is 9.40. The normalized spacial score (nSPS) is 11.3. The third-order valence-electron chi connectivity index (χ3n) is 9.43. The lowest BCUT2D eigenvalue weighted by Crippen LogP contribution is -2.40. The van der Waals surface area contributed by atoms with Gasteiger partial charge in [0.05, 0.1) is 24.9 Å². The van der Waals surface area contributed by atoms with Gasteiger partial charge in [-0.25, -0.2) is 34.5 Å². The van der Waals surface area contributed by atoms with Crippen LogP contribution in [0.15, 0.2) is 111 Å². The number of carbonyl (C=O) groups excluding carboxylic acids is 2. The van der Waals surface area contributed by atoms with Gasteiger partial charge in [0.2, 0.25) is 11.8 Å². The van der Waals surface area contributed by atoms with Crippen LogP contribution in [0.4, 0.5) is 11.5 Å². The van der Waals surface area contributed by atoms with Crippen LogP contribution in [0.25, 0.3) is 45.0 Å². The first-order valence-electron chi connectivity index (χ1n) is 17.6. The molecule has 20 nitrogen and oxygen atoms in total. The van der Waals surface area contributed by atoms with Crippen LogP contribution < -0.4 is 33.1 Å². The topological polar surface area (TPSA) is 233 Å². The first-order chi connectivity index (χ1) is 28.0. The number of hydrogen-bond donors (Lipinski definition) is 2. The van der Waals surface area contributed by atoms with Gasteiger partial charge in [-0.15, -0.1) is 0 Å². The van der Waals surface area contributed by atoms with Gasteiger partial charge in [-0.2, -0.15) is 0 Å². The van der Waals surface area contributed by atoms with E-state index in [1.807, 2.05) is 0 Å². The fraction of sp³-hybridized carbons (Fsp3) is 0.158. The molecule has 58 heavy (non-hydrogen) atoms. The summed E-state index contributed by atoms with van der Waals surface area (Å²) in [6, 6.07) is 15.5. The molecule has 0 bridgehead atoms. The van der Waals surface area contributed by atoms with E-state index >= 15 is 0 Å². The molecule has 7 aromatic heterocycles. The van der Waals surface area contributed by atoms with Crippen molar-refractivity contribution in [1.29, 1.82) is 0 Å². The predicted molar refractivity (Wildman–Crippen MR) is 211 cm³/mol. The summed E-state index contributed by atoms with van der Waals surface area (Å²) in [5, 5.41) is 5.50. The van der Waals surface area contributed by atoms with Gasteiger partial charge in [0.15, 0.2) is 28.2 Å². The summed E-state index contributed by atoms with van der Waals surface area (Å²) in [4.78, 5) is 104. The molecule has 0 saturated heterocycles. The standard InChI is InChI=1S/C38H32N14O6/c1-47-33-30(35(55)49(3)37(47)57)50(20-43-33)19-29(54)46-27-12-8-24(16-42-27)26-11-5-22(15-41-26)17-52-36(56)31-34(48(2)38(52)58)44-21-51(31)18-28(53)45-25-9-6-23(7-10-25)32-39-13-4-14-40-32/h4-16,20-21H,17-19H2,1-3H3,(H,45,53)(H,42,46,54). The van der Waals surface area contributed by atoms with Gasteiger partial charge in [-0.1, -0.05) is 6.07 Å². The number of hydrogen-bond acceptors (Lipinski definition) is 12. The van der Waals surface area contributed by atoms with Crippen LogP contribution in [0.1, 0.15) is 5.56 Å². The molecule has 0 fully saturated rings. The second-order valence-corrected chi connectivity index (χ2v) is 13.3. The molecule has 7 heterocycles. The number of pyridine rings is 2. The Morgan fingerprint density at radius 1 is 0.603 bits per heavy atom. The number of imidazole rings is 2. The number of anilines is 2. The molecule has 8 rings (SSSR count). The van der Waals surface area contributed by atoms with Crippen molar-refractivity contribution in [3.05, 3.63) is 139 Å². The molecule has 2 N–H and O–H groups in total. The minimum absolute atomic E-state index is 0.0891. The Morgan fingerprint density at radius 2 is 1.22 bits per heavy atom. The van der Waals surface area contributed by atoms with Crippen molar-refractivity contribution in [2.75, 3.05) is 10.6 Å². The second-order valence-electron chi connectivity index (χ2n) is 13.3. The van der Waals surface area contributed by atoms with Gasteiger partial charge in [-0.05, 0) is 54.1 Å². The Labute approximate surface area is 325 Å². The van der Waals surface area contributed by atoms with E-state index in [2.05, 4.69) is 40.5 Å². The van der Waals surface area contributed by atoms with E-state index in [9.17, 15) is 28.8 Å². The van der Waals surface area contributed by atoms with E-state index in [0.717, 1.165) is 14.7 Å². The average molecular weight is 781 g/mol. The summed E-state index contributed by atoms with van der Waals surface area (Å²) in [5.74, 6) is -0.0625. The van der Waals surface area contributed by atoms with E-state index in [-0.39, 0.29) is 47.8 Å². The Bertz CT molecular complexity index is 3120. The zero-order chi connectivity index (χ0) is 40.7. The molecule has 20 heteroatoms. The van der Waals surface area contributed by atoms with Crippen molar-refractivity contribution in [3.8, 4) is 22.6 Å². The van der Waals surface area contributed by atoms with E-state index in [0.29, 0.717) is 28.3 Å². The number of fused-ring (bicyclic) bond motifs is 2. The largest absolute Gasteiger partial charge is 0.332 e. The van der Waals surface area contributed by atoms with Crippen LogP contribution in [-0.2, 0) is 50.4 Å². The van der Waals surface area contributed by atoms with Crippen LogP contribution in [0.2, 0.25) is 0 Å². The number of aromatic nitrogens is 12. The van der Waals surface area contributed by atoms with Crippen LogP contribution in [-0.4, -0.2) is 69.1 Å². The number of aryl methyl sites for hydroxylation is 2. The molecule has 2 amide bonds. The fourth-order valence-corrected chi connectivity index (χ4v) is 6.43. The summed E-state index contributed by atoms with van der Waals surface area (Å²) in [6.07, 6.45) is 9.02. The van der Waals surface area contributed by atoms with E-state index in [1.165, 1.54) is 64.5 Å². The van der Waals surface area contributed by atoms with Gasteiger partial charge in [0.1, 0.15) is 18.9 Å². The Balaban J connectivity index is 0.935. The molecule has 0 spiro atoms. The average Bonchev–Trinajstić information content (AvgIpc) is 3.85. The van der Waals surface area contributed by atoms with Crippen LogP contribution >= 0.6 is 0 Å². The lowest BCUT2D eigenvalue weighted by molar-refractivity contribution is -0.117. The van der Waals surface area contributed by atoms with Crippen molar-refractivity contribution in [3.63, 3.8) is 0 Å². The zero-order valence-corrected chi connectivity index (χ0v) is 31.1. The van der Waals surface area contributed by atoms with Crippen LogP contribution in [0.3, 0.4) is 0 Å². The van der Waals surface area contributed by atoms with Gasteiger partial charge in [0.25, 0.3) is 11.1 Å². The van der Waals surface area contributed by atoms with Gasteiger partial charge >= 0.3 is 11.4 Å². The zero-order valence-electron chi connectivity index (χ0n) is 31.1. The highest BCUT2D eigenvalue weighted by atomic mass is 16.2. The molecule has 1 aromatic carbocycles. The molecular weight excluding hydrogens is 749 g/mol. The smallest absolute Gasteiger partial charge is 0.325 e. The van der Waals surface area contributed by atoms with Gasteiger partial charge < -0.3 is 19.8 Å². The highest BCUT2D eigenvalue weighted by Crippen LogP contribution is 2.20. The third kappa shape index (κ3) is 6.84. The number of carbonyl (C=O) groups is 2. The van der Waals surface area contributed by atoms with E-state index in [1.54, 1.807) is 67.0 Å². The minimum atomic E-state index is -0.615. The van der Waals surface area contributed by atoms with E-state index < -0.39 is 34.3 Å². The SMILES string of the molecule is Cn1c(=O)c2c(ncn2CC(=O)Nc2ccc(-c3ccc(Cn4c(=O)c5c(ncn5CC(=O)Nc5ccc(-c6ncccn6)cc5)n(C)c4=O)cn3)cn2)n(C)c1=O. The second kappa shape index (κ2) is 14.8. The maximum Gasteiger partial charge on any atom is 0.332 e. The van der Waals surface area contributed by atoms with Crippen molar-refractivity contribution in [1.82, 2.24) is 57.3 Å². The molecule has 0 aliphatic carbocycles. The summed E-state index contributed by atoms with van der Waals surface area (Å²) < 4.78 is 7.27. The molecule has 0 saturated carbocycles. The molecule has 290 valence electrons. The van der Waals surface area contributed by atoms with Gasteiger partial charge in [0, 0.05) is 62.7 Å². The first kappa shape index (κ1) is 36.8. The van der Waals surface area contributed by atoms with Crippen molar-refractivity contribution in [2.45, 2.75) is 19.6 Å².